The smallest absolute Gasteiger partial charge is 0.0502 e. The molecule has 12 heavy (non-hydrogen) atoms. The molecule has 1 rings (SSSR count). The number of hydrogen-bond donors (Lipinski definition) is 0. The third-order valence-corrected chi connectivity index (χ3v) is 3.62. The van der Waals surface area contributed by atoms with Crippen LogP contribution in [0.3, 0.4) is 0 Å². The van der Waals surface area contributed by atoms with Gasteiger partial charge in [-0.05, 0) is 13.3 Å². The predicted octanol–water partition coefficient (Wildman–Crippen LogP) is 3.14. The molecule has 0 saturated carbocycles. The van der Waals surface area contributed by atoms with Crippen molar-refractivity contribution in [3.8, 4) is 0 Å². The fourth-order valence-electron chi connectivity index (χ4n) is 1.57. The van der Waals surface area contributed by atoms with Crippen molar-refractivity contribution in [2.24, 2.45) is 4.99 Å². The van der Waals surface area contributed by atoms with Gasteiger partial charge in [-0.25, -0.2) is 0 Å². The monoisotopic (exact) mass is 185 g/mol. The molecule has 2 heteroatoms. The normalized spacial score (nSPS) is 35.4. The van der Waals surface area contributed by atoms with E-state index in [-0.39, 0.29) is 0 Å². The summed E-state index contributed by atoms with van der Waals surface area (Å²) in [6.45, 7) is 7.83. The third kappa shape index (κ3) is 2.81. The predicted molar refractivity (Wildman–Crippen MR) is 58.3 cm³/mol. The van der Waals surface area contributed by atoms with E-state index in [1.54, 1.807) is 0 Å². The lowest BCUT2D eigenvalue weighted by molar-refractivity contribution is 0.655. The molecular formula is C10H19NS. The Morgan fingerprint density at radius 2 is 2.42 bits per heavy atom. The molecule has 2 atom stereocenters. The van der Waals surface area contributed by atoms with Gasteiger partial charge in [0.1, 0.15) is 0 Å². The lowest BCUT2D eigenvalue weighted by atomic mass is 10.0. The highest BCUT2D eigenvalue weighted by molar-refractivity contribution is 8.02. The van der Waals surface area contributed by atoms with Crippen molar-refractivity contribution in [3.63, 3.8) is 0 Å². The first-order valence-corrected chi connectivity index (χ1v) is 5.73. The maximum absolute atomic E-state index is 4.42. The van der Waals surface area contributed by atoms with Crippen molar-refractivity contribution in [2.75, 3.05) is 6.54 Å². The first-order chi connectivity index (χ1) is 5.66. The third-order valence-electron chi connectivity index (χ3n) is 2.22. The minimum absolute atomic E-state index is 0.327. The molecule has 0 bridgehead atoms. The zero-order chi connectivity index (χ0) is 9.03. The molecular weight excluding hydrogens is 166 g/mol. The van der Waals surface area contributed by atoms with Crippen molar-refractivity contribution in [1.82, 2.24) is 0 Å². The van der Waals surface area contributed by atoms with Crippen LogP contribution in [-0.4, -0.2) is 22.8 Å². The van der Waals surface area contributed by atoms with Gasteiger partial charge < -0.3 is 0 Å². The second-order valence-corrected chi connectivity index (χ2v) is 5.81. The Kier molecular flexibility index (Phi) is 3.63. The highest BCUT2D eigenvalue weighted by Crippen LogP contribution is 2.34. The lowest BCUT2D eigenvalue weighted by Gasteiger charge is -2.30. The Morgan fingerprint density at radius 1 is 1.67 bits per heavy atom. The van der Waals surface area contributed by atoms with Crippen molar-refractivity contribution in [2.45, 2.75) is 50.0 Å². The Balaban J connectivity index is 2.46. The average Bonchev–Trinajstić information content (AvgIpc) is 2.01. The number of hydrogen-bond acceptors (Lipinski definition) is 2. The van der Waals surface area contributed by atoms with Crippen LogP contribution in [0.1, 0.15) is 40.0 Å². The molecule has 0 amide bonds. The maximum Gasteiger partial charge on any atom is 0.0502 e. The van der Waals surface area contributed by atoms with Gasteiger partial charge in [-0.3, -0.25) is 4.99 Å². The number of unbranched alkanes of at least 4 members (excludes halogenated alkanes) is 1. The summed E-state index contributed by atoms with van der Waals surface area (Å²) in [4.78, 5) is 4.42. The van der Waals surface area contributed by atoms with Gasteiger partial charge in [0.05, 0.1) is 6.54 Å². The quantitative estimate of drug-likeness (QED) is 0.658. The highest BCUT2D eigenvalue weighted by atomic mass is 32.2. The molecule has 1 nitrogen and oxygen atoms in total. The van der Waals surface area contributed by atoms with Crippen LogP contribution in [-0.2, 0) is 0 Å². The summed E-state index contributed by atoms with van der Waals surface area (Å²) in [5.41, 5.74) is 0. The van der Waals surface area contributed by atoms with E-state index < -0.39 is 0 Å². The van der Waals surface area contributed by atoms with Gasteiger partial charge in [-0.1, -0.05) is 26.7 Å². The summed E-state index contributed by atoms with van der Waals surface area (Å²) in [6, 6.07) is 0. The van der Waals surface area contributed by atoms with Crippen LogP contribution in [0.25, 0.3) is 0 Å². The van der Waals surface area contributed by atoms with Crippen LogP contribution < -0.4 is 0 Å². The number of thioether (sulfide) groups is 1. The molecule has 0 aliphatic carbocycles. The Hall–Kier alpha value is 0.0200. The molecule has 1 heterocycles. The molecule has 0 saturated heterocycles. The number of rotatable bonds is 3. The highest BCUT2D eigenvalue weighted by Gasteiger charge is 2.27. The standard InChI is InChI=1S/C10H19NS/c1-4-5-6-10(3)8-11-7-9(2)12-10/h8-9H,4-7H2,1-3H3. The second kappa shape index (κ2) is 4.31. The number of aliphatic imine (C=N–C) groups is 1. The van der Waals surface area contributed by atoms with Gasteiger partial charge in [0.15, 0.2) is 0 Å². The first kappa shape index (κ1) is 10.1. The van der Waals surface area contributed by atoms with E-state index >= 15 is 0 Å². The zero-order valence-electron chi connectivity index (χ0n) is 8.34. The minimum atomic E-state index is 0.327. The molecule has 0 aromatic rings. The molecule has 70 valence electrons. The summed E-state index contributed by atoms with van der Waals surface area (Å²) < 4.78 is 0.327. The van der Waals surface area contributed by atoms with Crippen LogP contribution in [0.15, 0.2) is 4.99 Å². The fraction of sp³-hybridized carbons (Fsp3) is 0.900. The topological polar surface area (TPSA) is 12.4 Å². The van der Waals surface area contributed by atoms with E-state index in [1.165, 1.54) is 19.3 Å². The van der Waals surface area contributed by atoms with E-state index in [0.29, 0.717) is 10.00 Å². The SMILES string of the molecule is CCCCC1(C)C=NCC(C)S1. The number of nitrogens with zero attached hydrogens (tertiary/aromatic N) is 1. The van der Waals surface area contributed by atoms with Crippen LogP contribution >= 0.6 is 11.8 Å². The molecule has 0 radical (unpaired) electrons. The van der Waals surface area contributed by atoms with Crippen molar-refractivity contribution >= 4 is 18.0 Å². The molecule has 0 aromatic heterocycles. The molecule has 0 fully saturated rings. The summed E-state index contributed by atoms with van der Waals surface area (Å²) >= 11 is 2.08. The molecule has 1 aliphatic rings. The summed E-state index contributed by atoms with van der Waals surface area (Å²) in [7, 11) is 0. The molecule has 0 spiro atoms. The molecule has 1 aliphatic heterocycles. The molecule has 2 unspecified atom stereocenters. The lowest BCUT2D eigenvalue weighted by Crippen LogP contribution is -2.30. The van der Waals surface area contributed by atoms with Gasteiger partial charge in [0.25, 0.3) is 0 Å². The first-order valence-electron chi connectivity index (χ1n) is 4.85. The van der Waals surface area contributed by atoms with E-state index in [0.717, 1.165) is 6.54 Å². The van der Waals surface area contributed by atoms with Crippen molar-refractivity contribution in [3.05, 3.63) is 0 Å². The van der Waals surface area contributed by atoms with Crippen molar-refractivity contribution < 1.29 is 0 Å². The Labute approximate surface area is 80.0 Å². The van der Waals surface area contributed by atoms with Gasteiger partial charge in [0, 0.05) is 16.2 Å². The Morgan fingerprint density at radius 3 is 3.00 bits per heavy atom. The maximum atomic E-state index is 4.42. The van der Waals surface area contributed by atoms with Crippen molar-refractivity contribution in [1.29, 1.82) is 0 Å². The van der Waals surface area contributed by atoms with Gasteiger partial charge in [-0.2, -0.15) is 0 Å². The summed E-state index contributed by atoms with van der Waals surface area (Å²) in [6.07, 6.45) is 6.05. The van der Waals surface area contributed by atoms with E-state index in [2.05, 4.69) is 43.7 Å². The van der Waals surface area contributed by atoms with Gasteiger partial charge >= 0.3 is 0 Å². The van der Waals surface area contributed by atoms with E-state index in [9.17, 15) is 0 Å². The summed E-state index contributed by atoms with van der Waals surface area (Å²) in [5.74, 6) is 0. The molecule has 0 N–H and O–H groups in total. The largest absolute Gasteiger partial charge is 0.295 e. The Bertz CT molecular complexity index is 167. The van der Waals surface area contributed by atoms with Gasteiger partial charge in [-0.15, -0.1) is 11.8 Å². The van der Waals surface area contributed by atoms with Crippen LogP contribution in [0, 0.1) is 0 Å². The second-order valence-electron chi connectivity index (χ2n) is 3.84. The van der Waals surface area contributed by atoms with Crippen LogP contribution in [0.2, 0.25) is 0 Å². The van der Waals surface area contributed by atoms with Crippen LogP contribution in [0.5, 0.6) is 0 Å². The van der Waals surface area contributed by atoms with E-state index in [4.69, 9.17) is 0 Å². The minimum Gasteiger partial charge on any atom is -0.295 e. The molecule has 0 aromatic carbocycles. The van der Waals surface area contributed by atoms with Gasteiger partial charge in [0.2, 0.25) is 0 Å². The fourth-order valence-corrected chi connectivity index (χ4v) is 3.05. The van der Waals surface area contributed by atoms with Crippen LogP contribution in [0.4, 0.5) is 0 Å². The summed E-state index contributed by atoms with van der Waals surface area (Å²) in [5, 5.41) is 0.705. The van der Waals surface area contributed by atoms with E-state index in [1.807, 2.05) is 0 Å². The zero-order valence-corrected chi connectivity index (χ0v) is 9.16. The average molecular weight is 185 g/mol.